The molecule has 3 aromatic carbocycles. The molecule has 0 unspecified atom stereocenters. The van der Waals surface area contributed by atoms with E-state index in [1.165, 1.54) is 19.1 Å². The van der Waals surface area contributed by atoms with Crippen molar-refractivity contribution in [3.05, 3.63) is 89.0 Å². The van der Waals surface area contributed by atoms with Crippen LogP contribution in [0.2, 0.25) is 0 Å². The smallest absolute Gasteiger partial charge is 0.325 e. The molecular formula is C30H30F3N3O. The zero-order chi connectivity index (χ0) is 26.8. The Morgan fingerprint density at radius 2 is 1.73 bits per heavy atom. The largest absolute Gasteiger partial charge is 0.416 e. The maximum absolute atomic E-state index is 13.3. The topological polar surface area (TPSA) is 56.1 Å². The molecule has 1 aliphatic rings. The number of nitrogens with one attached hydrogen (secondary N) is 1. The van der Waals surface area contributed by atoms with Crippen LogP contribution in [0, 0.1) is 24.2 Å². The molecule has 0 aromatic heterocycles. The van der Waals surface area contributed by atoms with Crippen LogP contribution < -0.4 is 5.32 Å². The number of rotatable bonds is 8. The third-order valence-electron chi connectivity index (χ3n) is 7.04. The van der Waals surface area contributed by atoms with Gasteiger partial charge < -0.3 is 5.32 Å². The number of carbonyl (C=O) groups excluding carboxylic acids is 1. The second-order valence-electron chi connectivity index (χ2n) is 10.2. The number of nitrogens with zero attached hydrogens (tertiary/aromatic N) is 2. The van der Waals surface area contributed by atoms with Crippen LogP contribution in [-0.4, -0.2) is 23.9 Å². The Hall–Kier alpha value is -3.63. The SMILES string of the molecule is Cc1ccc(NC(=O)CN(CC2CC2)C(C)(C)c2ccc(-c3cccc(C#N)c3)cc2)cc1C(F)(F)F. The quantitative estimate of drug-likeness (QED) is 0.354. The summed E-state index contributed by atoms with van der Waals surface area (Å²) < 4.78 is 39.9. The molecule has 4 rings (SSSR count). The average molecular weight is 506 g/mol. The van der Waals surface area contributed by atoms with Gasteiger partial charge in [-0.15, -0.1) is 0 Å². The fraction of sp³-hybridized carbons (Fsp3) is 0.333. The summed E-state index contributed by atoms with van der Waals surface area (Å²) in [5, 5.41) is 11.8. The van der Waals surface area contributed by atoms with Crippen LogP contribution >= 0.6 is 0 Å². The van der Waals surface area contributed by atoms with E-state index in [1.54, 1.807) is 6.07 Å². The van der Waals surface area contributed by atoms with Gasteiger partial charge in [0.05, 0.1) is 23.7 Å². The van der Waals surface area contributed by atoms with Gasteiger partial charge in [0, 0.05) is 17.8 Å². The van der Waals surface area contributed by atoms with Crippen LogP contribution in [-0.2, 0) is 16.5 Å². The lowest BCUT2D eigenvalue weighted by Gasteiger charge is -2.39. The van der Waals surface area contributed by atoms with Crippen LogP contribution in [0.4, 0.5) is 18.9 Å². The van der Waals surface area contributed by atoms with Gasteiger partial charge in [-0.05, 0) is 86.1 Å². The summed E-state index contributed by atoms with van der Waals surface area (Å²) in [6.07, 6.45) is -2.27. The first-order chi connectivity index (χ1) is 17.5. The van der Waals surface area contributed by atoms with Crippen molar-refractivity contribution < 1.29 is 18.0 Å². The van der Waals surface area contributed by atoms with Gasteiger partial charge in [0.2, 0.25) is 5.91 Å². The monoisotopic (exact) mass is 505 g/mol. The molecule has 3 aromatic rings. The summed E-state index contributed by atoms with van der Waals surface area (Å²) in [7, 11) is 0. The van der Waals surface area contributed by atoms with Gasteiger partial charge in [0.1, 0.15) is 0 Å². The summed E-state index contributed by atoms with van der Waals surface area (Å²) in [6, 6.07) is 21.5. The van der Waals surface area contributed by atoms with Gasteiger partial charge in [-0.25, -0.2) is 0 Å². The average Bonchev–Trinajstić information content (AvgIpc) is 3.68. The highest BCUT2D eigenvalue weighted by Crippen LogP contribution is 2.37. The fourth-order valence-electron chi connectivity index (χ4n) is 4.50. The van der Waals surface area contributed by atoms with Crippen molar-refractivity contribution in [3.63, 3.8) is 0 Å². The molecule has 0 heterocycles. The third kappa shape index (κ3) is 6.39. The van der Waals surface area contributed by atoms with Crippen LogP contribution in [0.25, 0.3) is 11.1 Å². The number of alkyl halides is 3. The van der Waals surface area contributed by atoms with Crippen molar-refractivity contribution in [2.45, 2.75) is 45.3 Å². The van der Waals surface area contributed by atoms with E-state index < -0.39 is 17.3 Å². The van der Waals surface area contributed by atoms with Crippen LogP contribution in [0.15, 0.2) is 66.7 Å². The van der Waals surface area contributed by atoms with E-state index in [4.69, 9.17) is 0 Å². The molecule has 37 heavy (non-hydrogen) atoms. The first kappa shape index (κ1) is 26.4. The standard InChI is InChI=1S/C30H30F3N3O/c1-20-7-14-26(16-27(20)30(31,32)33)35-28(37)19-36(18-21-8-9-21)29(2,3)25-12-10-23(11-13-25)24-6-4-5-22(15-24)17-34/h4-7,10-16,21H,8-9,18-19H2,1-3H3,(H,35,37). The Labute approximate surface area is 215 Å². The highest BCUT2D eigenvalue weighted by atomic mass is 19.4. The predicted molar refractivity (Wildman–Crippen MR) is 139 cm³/mol. The first-order valence-electron chi connectivity index (χ1n) is 12.3. The lowest BCUT2D eigenvalue weighted by Crippen LogP contribution is -2.46. The first-order valence-corrected chi connectivity index (χ1v) is 12.3. The number of anilines is 1. The van der Waals surface area contributed by atoms with Gasteiger partial charge in [-0.2, -0.15) is 18.4 Å². The summed E-state index contributed by atoms with van der Waals surface area (Å²) >= 11 is 0. The Kier molecular flexibility index (Phi) is 7.42. The summed E-state index contributed by atoms with van der Waals surface area (Å²) in [5.41, 5.74) is 2.58. The molecule has 0 saturated heterocycles. The second-order valence-corrected chi connectivity index (χ2v) is 10.2. The van der Waals surface area contributed by atoms with Crippen LogP contribution in [0.3, 0.4) is 0 Å². The minimum Gasteiger partial charge on any atom is -0.325 e. The van der Waals surface area contributed by atoms with Crippen molar-refractivity contribution in [1.29, 1.82) is 5.26 Å². The maximum Gasteiger partial charge on any atom is 0.416 e. The zero-order valence-electron chi connectivity index (χ0n) is 21.2. The van der Waals surface area contributed by atoms with E-state index in [2.05, 4.69) is 30.1 Å². The highest BCUT2D eigenvalue weighted by molar-refractivity contribution is 5.92. The number of aryl methyl sites for hydroxylation is 1. The van der Waals surface area contributed by atoms with Crippen LogP contribution in [0.5, 0.6) is 0 Å². The van der Waals surface area contributed by atoms with Crippen LogP contribution in [0.1, 0.15) is 48.9 Å². The summed E-state index contributed by atoms with van der Waals surface area (Å²) in [4.78, 5) is 15.1. The number of nitriles is 1. The Balaban J connectivity index is 1.52. The van der Waals surface area contributed by atoms with Gasteiger partial charge in [-0.1, -0.05) is 42.5 Å². The Bertz CT molecular complexity index is 1320. The molecule has 1 amide bonds. The molecule has 7 heteroatoms. The highest BCUT2D eigenvalue weighted by Gasteiger charge is 2.35. The van der Waals surface area contributed by atoms with Gasteiger partial charge >= 0.3 is 6.18 Å². The molecule has 0 radical (unpaired) electrons. The van der Waals surface area contributed by atoms with Crippen molar-refractivity contribution in [2.24, 2.45) is 5.92 Å². The number of hydrogen-bond donors (Lipinski definition) is 1. The molecule has 0 bridgehead atoms. The number of amides is 1. The molecule has 1 fully saturated rings. The molecule has 0 spiro atoms. The number of halogens is 3. The number of hydrogen-bond acceptors (Lipinski definition) is 3. The summed E-state index contributed by atoms with van der Waals surface area (Å²) in [6.45, 7) is 6.31. The maximum atomic E-state index is 13.3. The Morgan fingerprint density at radius 3 is 2.35 bits per heavy atom. The van der Waals surface area contributed by atoms with Crippen molar-refractivity contribution in [1.82, 2.24) is 4.90 Å². The minimum atomic E-state index is -4.48. The number of benzene rings is 3. The Morgan fingerprint density at radius 1 is 1.03 bits per heavy atom. The van der Waals surface area contributed by atoms with E-state index in [0.717, 1.165) is 42.1 Å². The van der Waals surface area contributed by atoms with E-state index in [0.29, 0.717) is 11.5 Å². The van der Waals surface area contributed by atoms with E-state index >= 15 is 0 Å². The predicted octanol–water partition coefficient (Wildman–Crippen LogP) is 7.14. The molecule has 1 aliphatic carbocycles. The third-order valence-corrected chi connectivity index (χ3v) is 7.04. The molecule has 1 N–H and O–H groups in total. The fourth-order valence-corrected chi connectivity index (χ4v) is 4.50. The lowest BCUT2D eigenvalue weighted by molar-refractivity contribution is -0.138. The van der Waals surface area contributed by atoms with E-state index in [9.17, 15) is 23.2 Å². The van der Waals surface area contributed by atoms with Gasteiger partial charge in [-0.3, -0.25) is 9.69 Å². The second kappa shape index (κ2) is 10.4. The van der Waals surface area contributed by atoms with Crippen molar-refractivity contribution in [3.8, 4) is 17.2 Å². The van der Waals surface area contributed by atoms with Crippen molar-refractivity contribution in [2.75, 3.05) is 18.4 Å². The van der Waals surface area contributed by atoms with E-state index in [1.807, 2.05) is 42.5 Å². The van der Waals surface area contributed by atoms with Gasteiger partial charge in [0.15, 0.2) is 0 Å². The lowest BCUT2D eigenvalue weighted by atomic mass is 9.90. The van der Waals surface area contributed by atoms with E-state index in [-0.39, 0.29) is 23.7 Å². The molecule has 0 atom stereocenters. The summed E-state index contributed by atoms with van der Waals surface area (Å²) in [5.74, 6) is 0.159. The normalized spacial score (nSPS) is 13.9. The minimum absolute atomic E-state index is 0.0602. The molecule has 1 saturated carbocycles. The molecule has 4 nitrogen and oxygen atoms in total. The molecule has 0 aliphatic heterocycles. The zero-order valence-corrected chi connectivity index (χ0v) is 21.2. The van der Waals surface area contributed by atoms with Crippen molar-refractivity contribution >= 4 is 11.6 Å². The molecular weight excluding hydrogens is 475 g/mol. The molecule has 192 valence electrons. The van der Waals surface area contributed by atoms with Gasteiger partial charge in [0.25, 0.3) is 0 Å². The number of carbonyl (C=O) groups is 1.